The zero-order chi connectivity index (χ0) is 5.86. The Morgan fingerprint density at radius 2 is 1.86 bits per heavy atom. The van der Waals surface area contributed by atoms with Gasteiger partial charge in [0.05, 0.1) is 0 Å². The minimum absolute atomic E-state index is 0.292. The van der Waals surface area contributed by atoms with Crippen molar-refractivity contribution in [1.82, 2.24) is 0 Å². The first-order valence-electron chi connectivity index (χ1n) is 2.22. The summed E-state index contributed by atoms with van der Waals surface area (Å²) in [5.41, 5.74) is 0. The van der Waals surface area contributed by atoms with Gasteiger partial charge in [-0.1, -0.05) is 6.92 Å². The second kappa shape index (κ2) is 2.50. The number of hydrogen-bond acceptors (Lipinski definition) is 2. The highest BCUT2D eigenvalue weighted by atomic mass is 16.2. The Balaban J connectivity index is 3.58. The summed E-state index contributed by atoms with van der Waals surface area (Å²) < 4.78 is 0. The molecule has 0 aliphatic carbocycles. The molecule has 0 aromatic heterocycles. The van der Waals surface area contributed by atoms with Crippen LogP contribution in [0.2, 0.25) is 0 Å². The molecule has 40 valence electrons. The van der Waals surface area contributed by atoms with Crippen LogP contribution in [0.3, 0.4) is 0 Å². The molecule has 0 spiro atoms. The quantitative estimate of drug-likeness (QED) is 0.377. The summed E-state index contributed by atoms with van der Waals surface area (Å²) in [5, 5.41) is 0. The summed E-state index contributed by atoms with van der Waals surface area (Å²) >= 11 is 0. The largest absolute Gasteiger partial charge is 0.291 e. The van der Waals surface area contributed by atoms with Gasteiger partial charge in [-0.2, -0.15) is 0 Å². The third kappa shape index (κ3) is 2.09. The number of hydrogen-bond donors (Lipinski definition) is 0. The number of Topliss-reactive ketones (excluding diaryl/α,β-unsaturated/α-hetero) is 2. The lowest BCUT2D eigenvalue weighted by atomic mass is 10.4. The van der Waals surface area contributed by atoms with E-state index in [4.69, 9.17) is 0 Å². The Bertz CT molecular complexity index is 94.3. The molecule has 0 aliphatic heterocycles. The number of carbonyl (C=O) groups is 2. The van der Waals surface area contributed by atoms with Crippen molar-refractivity contribution in [2.75, 3.05) is 0 Å². The van der Waals surface area contributed by atoms with E-state index in [1.54, 1.807) is 6.92 Å². The molecule has 0 fully saturated rings. The molecule has 0 atom stereocenters. The van der Waals surface area contributed by atoms with Crippen molar-refractivity contribution in [3.8, 4) is 0 Å². The zero-order valence-corrected chi connectivity index (χ0v) is 4.52. The molecule has 2 heteroatoms. The number of rotatable bonds is 2. The van der Waals surface area contributed by atoms with Gasteiger partial charge in [0.2, 0.25) is 0 Å². The van der Waals surface area contributed by atoms with Gasteiger partial charge in [0.1, 0.15) is 0 Å². The molecule has 0 aromatic carbocycles. The highest BCUT2D eigenvalue weighted by Crippen LogP contribution is 1.79. The number of carbonyl (C=O) groups excluding carboxylic acids is 2. The average Bonchev–Trinajstić information content (AvgIpc) is 1.65. The van der Waals surface area contributed by atoms with Crippen LogP contribution < -0.4 is 0 Å². The minimum atomic E-state index is -0.345. The van der Waals surface area contributed by atoms with E-state index in [0.29, 0.717) is 6.42 Å². The topological polar surface area (TPSA) is 34.1 Å². The summed E-state index contributed by atoms with van der Waals surface area (Å²) in [5.74, 6) is -0.637. The highest BCUT2D eigenvalue weighted by Gasteiger charge is 2.00. The van der Waals surface area contributed by atoms with Crippen LogP contribution in [-0.4, -0.2) is 11.6 Å². The van der Waals surface area contributed by atoms with Crippen LogP contribution in [0.25, 0.3) is 0 Å². The van der Waals surface area contributed by atoms with Crippen molar-refractivity contribution in [3.63, 3.8) is 0 Å². The molecule has 2 nitrogen and oxygen atoms in total. The monoisotopic (exact) mass is 102 g/mol. The summed E-state index contributed by atoms with van der Waals surface area (Å²) in [6, 6.07) is 0. The third-order valence-corrected chi connectivity index (χ3v) is 0.714. The van der Waals surface area contributed by atoms with E-state index in [2.05, 4.69) is 0 Å². The normalized spacial score (nSPS) is 8.29. The summed E-state index contributed by atoms with van der Waals surface area (Å²) in [4.78, 5) is 20.2. The molecule has 0 N–H and O–H groups in total. The fraction of sp³-hybridized carbons (Fsp3) is 0.600. The maximum atomic E-state index is 10.2. The zero-order valence-electron chi connectivity index (χ0n) is 4.52. The molecule has 0 aromatic rings. The SMILES string of the molecule is CCC(=O)[13C]([13CH3])=O. The second-order valence-electron chi connectivity index (χ2n) is 1.33. The lowest BCUT2D eigenvalue weighted by Gasteiger charge is -1.81. The van der Waals surface area contributed by atoms with E-state index in [0.717, 1.165) is 0 Å². The van der Waals surface area contributed by atoms with Crippen LogP contribution in [0.1, 0.15) is 20.3 Å². The first-order chi connectivity index (χ1) is 3.18. The molecule has 0 bridgehead atoms. The van der Waals surface area contributed by atoms with Gasteiger partial charge in [-0.05, 0) is 0 Å². The standard InChI is InChI=1S/C5H8O2/c1-3-5(7)4(2)6/h3H2,1-2H3/i2+1,4+1. The molecule has 0 radical (unpaired) electrons. The molecule has 7 heavy (non-hydrogen) atoms. The lowest BCUT2D eigenvalue weighted by molar-refractivity contribution is -0.135. The Kier molecular flexibility index (Phi) is 2.27. The van der Waals surface area contributed by atoms with Crippen LogP contribution in [0.5, 0.6) is 0 Å². The van der Waals surface area contributed by atoms with Crippen molar-refractivity contribution in [3.05, 3.63) is 0 Å². The molecule has 0 aliphatic rings. The van der Waals surface area contributed by atoms with Crippen LogP contribution >= 0.6 is 0 Å². The molecular weight excluding hydrogens is 94.0 g/mol. The van der Waals surface area contributed by atoms with Crippen molar-refractivity contribution in [2.24, 2.45) is 0 Å². The highest BCUT2D eigenvalue weighted by molar-refractivity contribution is 6.36. The predicted molar refractivity (Wildman–Crippen MR) is 26.0 cm³/mol. The molecule has 0 heterocycles. The van der Waals surface area contributed by atoms with Crippen LogP contribution in [0.15, 0.2) is 0 Å². The first-order valence-corrected chi connectivity index (χ1v) is 2.22. The summed E-state index contributed by atoms with van der Waals surface area (Å²) in [7, 11) is 0. The summed E-state index contributed by atoms with van der Waals surface area (Å²) in [6.45, 7) is 2.95. The lowest BCUT2D eigenvalue weighted by Crippen LogP contribution is -2.06. The minimum Gasteiger partial charge on any atom is -0.291 e. The van der Waals surface area contributed by atoms with Gasteiger partial charge in [-0.15, -0.1) is 0 Å². The Hall–Kier alpha value is -0.660. The van der Waals surface area contributed by atoms with Crippen LogP contribution in [-0.2, 0) is 9.59 Å². The van der Waals surface area contributed by atoms with Gasteiger partial charge in [0.25, 0.3) is 0 Å². The van der Waals surface area contributed by atoms with E-state index < -0.39 is 0 Å². The Morgan fingerprint density at radius 3 is 1.86 bits per heavy atom. The van der Waals surface area contributed by atoms with E-state index in [1.807, 2.05) is 0 Å². The van der Waals surface area contributed by atoms with Gasteiger partial charge in [-0.3, -0.25) is 9.59 Å². The molecule has 0 unspecified atom stereocenters. The molecule has 0 saturated carbocycles. The smallest absolute Gasteiger partial charge is 0.197 e. The fourth-order valence-corrected chi connectivity index (χ4v) is 0.249. The molecular formula is C5H8O2. The van der Waals surface area contributed by atoms with E-state index in [9.17, 15) is 9.59 Å². The van der Waals surface area contributed by atoms with Crippen molar-refractivity contribution in [2.45, 2.75) is 20.3 Å². The van der Waals surface area contributed by atoms with Crippen molar-refractivity contribution < 1.29 is 9.59 Å². The molecule has 0 saturated heterocycles. The summed E-state index contributed by atoms with van der Waals surface area (Å²) in [6.07, 6.45) is 0.329. The Morgan fingerprint density at radius 1 is 1.43 bits per heavy atom. The maximum Gasteiger partial charge on any atom is 0.197 e. The van der Waals surface area contributed by atoms with Crippen LogP contribution in [0, 0.1) is 0 Å². The van der Waals surface area contributed by atoms with E-state index in [1.165, 1.54) is 6.92 Å². The van der Waals surface area contributed by atoms with Gasteiger partial charge in [0, 0.05) is 13.3 Å². The molecule has 0 amide bonds. The Labute approximate surface area is 42.5 Å². The first kappa shape index (κ1) is 6.34. The fourth-order valence-electron chi connectivity index (χ4n) is 0.249. The van der Waals surface area contributed by atoms with E-state index >= 15 is 0 Å². The van der Waals surface area contributed by atoms with Gasteiger partial charge in [-0.25, -0.2) is 0 Å². The third-order valence-electron chi connectivity index (χ3n) is 0.714. The second-order valence-corrected chi connectivity index (χ2v) is 1.33. The molecule has 0 rings (SSSR count). The van der Waals surface area contributed by atoms with Gasteiger partial charge in [0.15, 0.2) is 11.6 Å². The van der Waals surface area contributed by atoms with Crippen LogP contribution in [0.4, 0.5) is 0 Å². The van der Waals surface area contributed by atoms with E-state index in [-0.39, 0.29) is 11.6 Å². The number of ketones is 2. The van der Waals surface area contributed by atoms with Crippen molar-refractivity contribution >= 4 is 11.6 Å². The van der Waals surface area contributed by atoms with Gasteiger partial charge < -0.3 is 0 Å². The predicted octanol–water partition coefficient (Wildman–Crippen LogP) is 0.554. The van der Waals surface area contributed by atoms with Crippen molar-refractivity contribution in [1.29, 1.82) is 0 Å². The average molecular weight is 102 g/mol. The van der Waals surface area contributed by atoms with Gasteiger partial charge >= 0.3 is 0 Å². The maximum absolute atomic E-state index is 10.2.